The van der Waals surface area contributed by atoms with Gasteiger partial charge in [-0.15, -0.1) is 0 Å². The van der Waals surface area contributed by atoms with Crippen LogP contribution in [0.2, 0.25) is 0 Å². The van der Waals surface area contributed by atoms with Crippen LogP contribution in [0.1, 0.15) is 50.7 Å². The normalized spacial score (nSPS) is 11.4. The first-order valence-electron chi connectivity index (χ1n) is 7.76. The molecular formula is C18H26N2O. The van der Waals surface area contributed by atoms with E-state index in [1.165, 1.54) is 0 Å². The number of nitrogens with one attached hydrogen (secondary N) is 1. The zero-order valence-corrected chi connectivity index (χ0v) is 13.1. The number of hydrogen-bond donors (Lipinski definition) is 2. The maximum absolute atomic E-state index is 12.2. The molecule has 0 spiro atoms. The number of carbonyl (C=O) groups is 1. The molecule has 3 heteroatoms. The molecule has 0 bridgehead atoms. The number of benzene rings is 1. The summed E-state index contributed by atoms with van der Waals surface area (Å²) < 4.78 is 0. The van der Waals surface area contributed by atoms with Crippen molar-refractivity contribution in [2.45, 2.75) is 46.1 Å². The fraction of sp³-hybridized carbons (Fsp3) is 0.500. The van der Waals surface area contributed by atoms with E-state index in [4.69, 9.17) is 5.73 Å². The molecule has 0 aliphatic carbocycles. The molecule has 114 valence electrons. The molecule has 1 aromatic carbocycles. The van der Waals surface area contributed by atoms with Crippen LogP contribution in [0.3, 0.4) is 0 Å². The number of hydrogen-bond acceptors (Lipinski definition) is 2. The second kappa shape index (κ2) is 10.0. The lowest BCUT2D eigenvalue weighted by molar-refractivity contribution is -0.125. The van der Waals surface area contributed by atoms with Crippen molar-refractivity contribution in [3.05, 3.63) is 35.4 Å². The summed E-state index contributed by atoms with van der Waals surface area (Å²) in [7, 11) is 0. The summed E-state index contributed by atoms with van der Waals surface area (Å²) in [6, 6.07) is 7.90. The minimum Gasteiger partial charge on any atom is -0.352 e. The molecule has 3 N–H and O–H groups in total. The molecule has 0 saturated heterocycles. The molecule has 1 unspecified atom stereocenters. The Hall–Kier alpha value is -1.79. The van der Waals surface area contributed by atoms with E-state index in [0.29, 0.717) is 13.1 Å². The summed E-state index contributed by atoms with van der Waals surface area (Å²) >= 11 is 0. The zero-order valence-electron chi connectivity index (χ0n) is 13.1. The van der Waals surface area contributed by atoms with Crippen molar-refractivity contribution in [2.24, 2.45) is 11.7 Å². The number of unbranched alkanes of at least 4 members (excludes halogenated alkanes) is 1. The van der Waals surface area contributed by atoms with Crippen LogP contribution in [0.15, 0.2) is 24.3 Å². The molecule has 1 atom stereocenters. The Morgan fingerprint density at radius 1 is 1.38 bits per heavy atom. The van der Waals surface area contributed by atoms with E-state index in [1.54, 1.807) is 0 Å². The number of amides is 1. The van der Waals surface area contributed by atoms with Gasteiger partial charge in [-0.3, -0.25) is 4.79 Å². The van der Waals surface area contributed by atoms with Gasteiger partial charge in [0, 0.05) is 18.0 Å². The first kappa shape index (κ1) is 17.3. The Labute approximate surface area is 128 Å². The monoisotopic (exact) mass is 286 g/mol. The molecule has 0 heterocycles. The first-order chi connectivity index (χ1) is 10.2. The van der Waals surface area contributed by atoms with E-state index in [0.717, 1.165) is 36.8 Å². The zero-order chi connectivity index (χ0) is 15.5. The Morgan fingerprint density at radius 2 is 2.19 bits per heavy atom. The Kier molecular flexibility index (Phi) is 8.23. The van der Waals surface area contributed by atoms with Gasteiger partial charge in [0.25, 0.3) is 0 Å². The molecule has 0 aliphatic rings. The van der Waals surface area contributed by atoms with Crippen molar-refractivity contribution in [1.29, 1.82) is 0 Å². The lowest BCUT2D eigenvalue weighted by Gasteiger charge is -2.14. The fourth-order valence-electron chi connectivity index (χ4n) is 2.22. The maximum Gasteiger partial charge on any atom is 0.223 e. The van der Waals surface area contributed by atoms with E-state index in [-0.39, 0.29) is 11.8 Å². The van der Waals surface area contributed by atoms with Crippen molar-refractivity contribution >= 4 is 5.91 Å². The second-order valence-corrected chi connectivity index (χ2v) is 5.17. The van der Waals surface area contributed by atoms with E-state index in [1.807, 2.05) is 24.3 Å². The Morgan fingerprint density at radius 3 is 2.86 bits per heavy atom. The minimum atomic E-state index is 0.130. The van der Waals surface area contributed by atoms with Crippen LogP contribution < -0.4 is 11.1 Å². The van der Waals surface area contributed by atoms with Crippen LogP contribution in [0.4, 0.5) is 0 Å². The summed E-state index contributed by atoms with van der Waals surface area (Å²) in [5, 5.41) is 3.03. The van der Waals surface area contributed by atoms with E-state index < -0.39 is 0 Å². The molecule has 1 aromatic rings. The minimum absolute atomic E-state index is 0.130. The highest BCUT2D eigenvalue weighted by Crippen LogP contribution is 2.13. The molecule has 0 aromatic heterocycles. The SMILES string of the molecule is CCCCC(CC)C(=O)NCc1cccc(C#CCN)c1. The van der Waals surface area contributed by atoms with Crippen molar-refractivity contribution in [3.8, 4) is 11.8 Å². The van der Waals surface area contributed by atoms with Gasteiger partial charge in [-0.1, -0.05) is 50.7 Å². The van der Waals surface area contributed by atoms with Gasteiger partial charge in [-0.2, -0.15) is 0 Å². The van der Waals surface area contributed by atoms with Crippen LogP contribution in [0.25, 0.3) is 0 Å². The summed E-state index contributed by atoms with van der Waals surface area (Å²) in [6.07, 6.45) is 4.11. The van der Waals surface area contributed by atoms with Gasteiger partial charge < -0.3 is 11.1 Å². The summed E-state index contributed by atoms with van der Waals surface area (Å²) in [6.45, 7) is 5.14. The molecular weight excluding hydrogens is 260 g/mol. The van der Waals surface area contributed by atoms with E-state index in [2.05, 4.69) is 31.0 Å². The molecule has 21 heavy (non-hydrogen) atoms. The quantitative estimate of drug-likeness (QED) is 0.757. The highest BCUT2D eigenvalue weighted by Gasteiger charge is 2.15. The average Bonchev–Trinajstić information content (AvgIpc) is 2.52. The van der Waals surface area contributed by atoms with Crippen LogP contribution in [-0.4, -0.2) is 12.5 Å². The topological polar surface area (TPSA) is 55.1 Å². The Bertz CT molecular complexity index is 499. The standard InChI is InChI=1S/C18H26N2O/c1-3-5-11-17(4-2)18(21)20-14-16-9-6-8-15(13-16)10-7-12-19/h6,8-9,13,17H,3-5,11-12,14,19H2,1-2H3,(H,20,21). The third-order valence-corrected chi connectivity index (χ3v) is 3.50. The number of rotatable bonds is 7. The summed E-state index contributed by atoms with van der Waals surface area (Å²) in [5.74, 6) is 6.13. The van der Waals surface area contributed by atoms with Crippen molar-refractivity contribution in [3.63, 3.8) is 0 Å². The predicted molar refractivity (Wildman–Crippen MR) is 87.5 cm³/mol. The van der Waals surface area contributed by atoms with E-state index >= 15 is 0 Å². The number of nitrogens with two attached hydrogens (primary N) is 1. The van der Waals surface area contributed by atoms with Crippen LogP contribution in [-0.2, 0) is 11.3 Å². The summed E-state index contributed by atoms with van der Waals surface area (Å²) in [4.78, 5) is 12.2. The molecule has 0 aliphatic heterocycles. The largest absolute Gasteiger partial charge is 0.352 e. The van der Waals surface area contributed by atoms with Gasteiger partial charge in [-0.25, -0.2) is 0 Å². The lowest BCUT2D eigenvalue weighted by atomic mass is 9.98. The summed E-state index contributed by atoms with van der Waals surface area (Å²) in [5.41, 5.74) is 7.37. The van der Waals surface area contributed by atoms with Crippen LogP contribution in [0, 0.1) is 17.8 Å². The second-order valence-electron chi connectivity index (χ2n) is 5.17. The Balaban J connectivity index is 2.55. The number of carbonyl (C=O) groups excluding carboxylic acids is 1. The van der Waals surface area contributed by atoms with E-state index in [9.17, 15) is 4.79 Å². The lowest BCUT2D eigenvalue weighted by Crippen LogP contribution is -2.30. The van der Waals surface area contributed by atoms with Gasteiger partial charge >= 0.3 is 0 Å². The van der Waals surface area contributed by atoms with Crippen LogP contribution >= 0.6 is 0 Å². The maximum atomic E-state index is 12.2. The van der Waals surface area contributed by atoms with Gasteiger partial charge in [-0.05, 0) is 30.5 Å². The first-order valence-corrected chi connectivity index (χ1v) is 7.76. The molecule has 0 radical (unpaired) electrons. The smallest absolute Gasteiger partial charge is 0.223 e. The molecule has 3 nitrogen and oxygen atoms in total. The van der Waals surface area contributed by atoms with Crippen LogP contribution in [0.5, 0.6) is 0 Å². The molecule has 1 amide bonds. The highest BCUT2D eigenvalue weighted by molar-refractivity contribution is 5.78. The molecule has 1 rings (SSSR count). The average molecular weight is 286 g/mol. The van der Waals surface area contributed by atoms with Gasteiger partial charge in [0.05, 0.1) is 6.54 Å². The highest BCUT2D eigenvalue weighted by atomic mass is 16.1. The molecule has 0 fully saturated rings. The van der Waals surface area contributed by atoms with Crippen molar-refractivity contribution in [2.75, 3.05) is 6.54 Å². The molecule has 0 saturated carbocycles. The fourth-order valence-corrected chi connectivity index (χ4v) is 2.22. The van der Waals surface area contributed by atoms with Gasteiger partial charge in [0.15, 0.2) is 0 Å². The third kappa shape index (κ3) is 6.46. The van der Waals surface area contributed by atoms with Crippen molar-refractivity contribution < 1.29 is 4.79 Å². The predicted octanol–water partition coefficient (Wildman–Crippen LogP) is 2.83. The van der Waals surface area contributed by atoms with Gasteiger partial charge in [0.2, 0.25) is 5.91 Å². The van der Waals surface area contributed by atoms with Gasteiger partial charge in [0.1, 0.15) is 0 Å². The third-order valence-electron chi connectivity index (χ3n) is 3.50. The van der Waals surface area contributed by atoms with Crippen molar-refractivity contribution in [1.82, 2.24) is 5.32 Å².